The highest BCUT2D eigenvalue weighted by Crippen LogP contribution is 2.21. The molecule has 106 valence electrons. The van der Waals surface area contributed by atoms with Crippen molar-refractivity contribution in [1.29, 1.82) is 0 Å². The highest BCUT2D eigenvalue weighted by atomic mass is 16.5. The van der Waals surface area contributed by atoms with Gasteiger partial charge in [0.1, 0.15) is 5.56 Å². The number of carboxylic acid groups (broad SMARTS) is 1. The molecular formula is C13H21N3O3. The second-order valence-corrected chi connectivity index (χ2v) is 5.21. The van der Waals surface area contributed by atoms with Crippen LogP contribution in [0.2, 0.25) is 0 Å². The minimum Gasteiger partial charge on any atom is -0.478 e. The molecule has 6 heteroatoms. The highest BCUT2D eigenvalue weighted by molar-refractivity contribution is 5.88. The molecule has 1 aromatic rings. The predicted molar refractivity (Wildman–Crippen MR) is 70.0 cm³/mol. The number of hydrogen-bond acceptors (Lipinski definition) is 4. The number of methoxy groups -OCH3 is 1. The molecule has 0 aromatic carbocycles. The average molecular weight is 267 g/mol. The maximum Gasteiger partial charge on any atom is 0.339 e. The fraction of sp³-hybridized carbons (Fsp3) is 0.692. The van der Waals surface area contributed by atoms with Crippen LogP contribution in [0.25, 0.3) is 0 Å². The van der Waals surface area contributed by atoms with Crippen molar-refractivity contribution in [2.24, 2.45) is 13.0 Å². The van der Waals surface area contributed by atoms with Crippen LogP contribution in [0, 0.1) is 5.92 Å². The van der Waals surface area contributed by atoms with Crippen molar-refractivity contribution in [1.82, 2.24) is 14.7 Å². The Morgan fingerprint density at radius 3 is 3.00 bits per heavy atom. The molecule has 0 saturated carbocycles. The Kier molecular flexibility index (Phi) is 4.21. The first-order chi connectivity index (χ1) is 9.02. The highest BCUT2D eigenvalue weighted by Gasteiger charge is 2.27. The molecule has 0 spiro atoms. The van der Waals surface area contributed by atoms with Gasteiger partial charge in [0.15, 0.2) is 0 Å². The first kappa shape index (κ1) is 14.0. The lowest BCUT2D eigenvalue weighted by atomic mass is 9.95. The number of aryl methyl sites for hydroxylation is 1. The zero-order valence-corrected chi connectivity index (χ0v) is 11.7. The van der Waals surface area contributed by atoms with Crippen molar-refractivity contribution in [2.45, 2.75) is 26.0 Å². The van der Waals surface area contributed by atoms with E-state index in [2.05, 4.69) is 16.9 Å². The lowest BCUT2D eigenvalue weighted by molar-refractivity contribution is -0.00817. The number of nitrogens with zero attached hydrogens (tertiary/aromatic N) is 3. The second-order valence-electron chi connectivity index (χ2n) is 5.21. The molecule has 2 heterocycles. The normalized spacial score (nSPS) is 24.6. The summed E-state index contributed by atoms with van der Waals surface area (Å²) in [4.78, 5) is 13.4. The summed E-state index contributed by atoms with van der Waals surface area (Å²) >= 11 is 0. The van der Waals surface area contributed by atoms with Gasteiger partial charge in [-0.3, -0.25) is 9.58 Å². The largest absolute Gasteiger partial charge is 0.478 e. The molecule has 1 aliphatic heterocycles. The summed E-state index contributed by atoms with van der Waals surface area (Å²) in [5.74, 6) is -0.372. The number of aromatic nitrogens is 2. The maximum absolute atomic E-state index is 11.2. The molecule has 1 N–H and O–H groups in total. The molecular weight excluding hydrogens is 246 g/mol. The summed E-state index contributed by atoms with van der Waals surface area (Å²) < 4.78 is 7.12. The molecule has 2 atom stereocenters. The van der Waals surface area contributed by atoms with Gasteiger partial charge in [0, 0.05) is 27.2 Å². The van der Waals surface area contributed by atoms with Crippen molar-refractivity contribution < 1.29 is 14.6 Å². The Balaban J connectivity index is 2.09. The number of carbonyl (C=O) groups is 1. The molecule has 1 saturated heterocycles. The van der Waals surface area contributed by atoms with Crippen LogP contribution in [0.4, 0.5) is 0 Å². The summed E-state index contributed by atoms with van der Waals surface area (Å²) in [5.41, 5.74) is 1.03. The Hall–Kier alpha value is -1.40. The number of rotatable bonds is 4. The van der Waals surface area contributed by atoms with Crippen molar-refractivity contribution in [2.75, 3.05) is 20.2 Å². The van der Waals surface area contributed by atoms with Gasteiger partial charge in [0.05, 0.1) is 18.0 Å². The van der Waals surface area contributed by atoms with Gasteiger partial charge in [-0.1, -0.05) is 6.92 Å². The van der Waals surface area contributed by atoms with Crippen LogP contribution in [0.3, 0.4) is 0 Å². The first-order valence-electron chi connectivity index (χ1n) is 6.52. The van der Waals surface area contributed by atoms with Crippen LogP contribution >= 0.6 is 0 Å². The van der Waals surface area contributed by atoms with Gasteiger partial charge >= 0.3 is 5.97 Å². The minimum atomic E-state index is -0.920. The van der Waals surface area contributed by atoms with E-state index in [-0.39, 0.29) is 11.7 Å². The van der Waals surface area contributed by atoms with Crippen molar-refractivity contribution in [3.8, 4) is 0 Å². The van der Waals surface area contributed by atoms with Gasteiger partial charge in [-0.05, 0) is 18.9 Å². The molecule has 1 aliphatic rings. The smallest absolute Gasteiger partial charge is 0.339 e. The van der Waals surface area contributed by atoms with Crippen LogP contribution in [-0.4, -0.2) is 52.1 Å². The quantitative estimate of drug-likeness (QED) is 0.880. The van der Waals surface area contributed by atoms with Crippen molar-refractivity contribution in [3.63, 3.8) is 0 Å². The van der Waals surface area contributed by atoms with Gasteiger partial charge in [0.2, 0.25) is 0 Å². The minimum absolute atomic E-state index is 0.218. The molecule has 0 bridgehead atoms. The van der Waals surface area contributed by atoms with E-state index in [1.807, 2.05) is 0 Å². The molecule has 1 aromatic heterocycles. The SMILES string of the molecule is COC1CN(Cc2c(C(=O)O)cnn2C)CCC1C. The Labute approximate surface area is 113 Å². The molecule has 1 fully saturated rings. The zero-order valence-electron chi connectivity index (χ0n) is 11.7. The van der Waals surface area contributed by atoms with E-state index < -0.39 is 5.97 Å². The third-order valence-corrected chi connectivity index (χ3v) is 3.94. The number of likely N-dealkylation sites (tertiary alicyclic amines) is 1. The summed E-state index contributed by atoms with van der Waals surface area (Å²) in [6, 6.07) is 0. The fourth-order valence-corrected chi connectivity index (χ4v) is 2.59. The van der Waals surface area contributed by atoms with Crippen LogP contribution < -0.4 is 0 Å². The molecule has 0 radical (unpaired) electrons. The summed E-state index contributed by atoms with van der Waals surface area (Å²) in [7, 11) is 3.51. The van der Waals surface area contributed by atoms with E-state index in [1.165, 1.54) is 6.20 Å². The van der Waals surface area contributed by atoms with E-state index in [4.69, 9.17) is 9.84 Å². The molecule has 2 rings (SSSR count). The predicted octanol–water partition coefficient (Wildman–Crippen LogP) is 0.975. The topological polar surface area (TPSA) is 67.6 Å². The number of piperidine rings is 1. The summed E-state index contributed by atoms with van der Waals surface area (Å²) in [6.45, 7) is 4.59. The third-order valence-electron chi connectivity index (χ3n) is 3.94. The van der Waals surface area contributed by atoms with Crippen LogP contribution in [0.1, 0.15) is 29.4 Å². The third kappa shape index (κ3) is 2.96. The van der Waals surface area contributed by atoms with Crippen molar-refractivity contribution in [3.05, 3.63) is 17.5 Å². The molecule has 0 amide bonds. The number of aromatic carboxylic acids is 1. The second kappa shape index (κ2) is 5.71. The standard InChI is InChI=1S/C13H21N3O3/c1-9-4-5-16(8-12(9)19-3)7-11-10(13(17)18)6-14-15(11)2/h6,9,12H,4-5,7-8H2,1-3H3,(H,17,18). The number of carboxylic acids is 1. The van der Waals surface area contributed by atoms with E-state index in [0.717, 1.165) is 25.2 Å². The van der Waals surface area contributed by atoms with Crippen molar-refractivity contribution >= 4 is 5.97 Å². The molecule has 19 heavy (non-hydrogen) atoms. The summed E-state index contributed by atoms with van der Waals surface area (Å²) in [5, 5.41) is 13.2. The van der Waals surface area contributed by atoms with Gasteiger partial charge in [-0.15, -0.1) is 0 Å². The Morgan fingerprint density at radius 2 is 2.37 bits per heavy atom. The summed E-state index contributed by atoms with van der Waals surface area (Å²) in [6.07, 6.45) is 2.70. The van der Waals surface area contributed by atoms with Crippen LogP contribution in [0.5, 0.6) is 0 Å². The molecule has 2 unspecified atom stereocenters. The number of hydrogen-bond donors (Lipinski definition) is 1. The van der Waals surface area contributed by atoms with Gasteiger partial charge < -0.3 is 9.84 Å². The van der Waals surface area contributed by atoms with Crippen LogP contribution in [-0.2, 0) is 18.3 Å². The molecule has 6 nitrogen and oxygen atoms in total. The van der Waals surface area contributed by atoms with Gasteiger partial charge in [-0.2, -0.15) is 5.10 Å². The van der Waals surface area contributed by atoms with E-state index in [0.29, 0.717) is 12.5 Å². The lowest BCUT2D eigenvalue weighted by Gasteiger charge is -2.36. The fourth-order valence-electron chi connectivity index (χ4n) is 2.59. The Morgan fingerprint density at radius 1 is 1.63 bits per heavy atom. The van der Waals surface area contributed by atoms with E-state index in [9.17, 15) is 4.79 Å². The van der Waals surface area contributed by atoms with Crippen LogP contribution in [0.15, 0.2) is 6.20 Å². The maximum atomic E-state index is 11.2. The average Bonchev–Trinajstić information content (AvgIpc) is 2.73. The number of ether oxygens (including phenoxy) is 1. The first-order valence-corrected chi connectivity index (χ1v) is 6.52. The van der Waals surface area contributed by atoms with Gasteiger partial charge in [-0.25, -0.2) is 4.79 Å². The van der Waals surface area contributed by atoms with Gasteiger partial charge in [0.25, 0.3) is 0 Å². The Bertz CT molecular complexity index is 458. The van der Waals surface area contributed by atoms with E-state index >= 15 is 0 Å². The lowest BCUT2D eigenvalue weighted by Crippen LogP contribution is -2.43. The van der Waals surface area contributed by atoms with E-state index in [1.54, 1.807) is 18.8 Å². The zero-order chi connectivity index (χ0) is 14.0. The molecule has 0 aliphatic carbocycles. The monoisotopic (exact) mass is 267 g/mol.